The molecule has 13 heavy (non-hydrogen) atoms. The van der Waals surface area contributed by atoms with Gasteiger partial charge < -0.3 is 10.2 Å². The molecule has 0 aliphatic carbocycles. The molecule has 72 valence electrons. The third-order valence-electron chi connectivity index (χ3n) is 2.26. The molecule has 1 fully saturated rings. The van der Waals surface area contributed by atoms with E-state index in [1.54, 1.807) is 11.9 Å². The normalized spacial score (nSPS) is 21.3. The van der Waals surface area contributed by atoms with Gasteiger partial charge in [0.1, 0.15) is 6.04 Å². The Hall–Kier alpha value is -1.32. The zero-order valence-corrected chi connectivity index (χ0v) is 7.75. The summed E-state index contributed by atoms with van der Waals surface area (Å²) in [5, 5.41) is 2.55. The SMILES string of the molecule is C=CC(=O)N1CCCC1C(=O)NC. The molecule has 1 saturated heterocycles. The highest BCUT2D eigenvalue weighted by molar-refractivity contribution is 5.92. The number of carbonyl (C=O) groups excluding carboxylic acids is 2. The summed E-state index contributed by atoms with van der Waals surface area (Å²) in [6, 6.07) is -0.296. The molecule has 1 unspecified atom stereocenters. The Labute approximate surface area is 77.6 Å². The van der Waals surface area contributed by atoms with Gasteiger partial charge in [-0.2, -0.15) is 0 Å². The van der Waals surface area contributed by atoms with Gasteiger partial charge in [-0.3, -0.25) is 9.59 Å². The van der Waals surface area contributed by atoms with Gasteiger partial charge in [0.25, 0.3) is 0 Å². The van der Waals surface area contributed by atoms with Gasteiger partial charge in [0.15, 0.2) is 0 Å². The van der Waals surface area contributed by atoms with Crippen LogP contribution in [0, 0.1) is 0 Å². The van der Waals surface area contributed by atoms with E-state index in [2.05, 4.69) is 11.9 Å². The van der Waals surface area contributed by atoms with Gasteiger partial charge in [0.2, 0.25) is 11.8 Å². The lowest BCUT2D eigenvalue weighted by Gasteiger charge is -2.21. The highest BCUT2D eigenvalue weighted by Crippen LogP contribution is 2.17. The number of hydrogen-bond acceptors (Lipinski definition) is 2. The van der Waals surface area contributed by atoms with E-state index in [0.29, 0.717) is 6.54 Å². The van der Waals surface area contributed by atoms with Crippen molar-refractivity contribution in [3.8, 4) is 0 Å². The Morgan fingerprint density at radius 3 is 2.85 bits per heavy atom. The van der Waals surface area contributed by atoms with Crippen molar-refractivity contribution in [3.05, 3.63) is 12.7 Å². The summed E-state index contributed by atoms with van der Waals surface area (Å²) in [6.45, 7) is 4.06. The summed E-state index contributed by atoms with van der Waals surface area (Å²) in [5.41, 5.74) is 0. The van der Waals surface area contributed by atoms with E-state index in [4.69, 9.17) is 0 Å². The van der Waals surface area contributed by atoms with Crippen LogP contribution in [-0.2, 0) is 9.59 Å². The second-order valence-corrected chi connectivity index (χ2v) is 3.01. The zero-order valence-electron chi connectivity index (χ0n) is 7.75. The average Bonchev–Trinajstić information content (AvgIpc) is 2.63. The number of nitrogens with zero attached hydrogens (tertiary/aromatic N) is 1. The molecule has 1 N–H and O–H groups in total. The number of likely N-dealkylation sites (N-methyl/N-ethyl adjacent to an activating group) is 1. The molecule has 1 heterocycles. The smallest absolute Gasteiger partial charge is 0.246 e. The number of nitrogens with one attached hydrogen (secondary N) is 1. The summed E-state index contributed by atoms with van der Waals surface area (Å²) in [7, 11) is 1.58. The minimum atomic E-state index is -0.296. The number of rotatable bonds is 2. The van der Waals surface area contributed by atoms with Crippen LogP contribution in [0.2, 0.25) is 0 Å². The number of likely N-dealkylation sites (tertiary alicyclic amines) is 1. The Balaban J connectivity index is 2.68. The zero-order chi connectivity index (χ0) is 9.84. The van der Waals surface area contributed by atoms with Crippen molar-refractivity contribution in [3.63, 3.8) is 0 Å². The Morgan fingerprint density at radius 1 is 1.62 bits per heavy atom. The predicted octanol–water partition coefficient (Wildman–Crippen LogP) is -0.0906. The van der Waals surface area contributed by atoms with Gasteiger partial charge in [0.05, 0.1) is 0 Å². The van der Waals surface area contributed by atoms with E-state index >= 15 is 0 Å². The maximum atomic E-state index is 11.3. The third-order valence-corrected chi connectivity index (χ3v) is 2.26. The molecule has 1 aliphatic rings. The molecule has 1 rings (SSSR count). The van der Waals surface area contributed by atoms with Crippen molar-refractivity contribution in [2.45, 2.75) is 18.9 Å². The fraction of sp³-hybridized carbons (Fsp3) is 0.556. The summed E-state index contributed by atoms with van der Waals surface area (Å²) >= 11 is 0. The van der Waals surface area contributed by atoms with Crippen LogP contribution in [0.15, 0.2) is 12.7 Å². The fourth-order valence-corrected chi connectivity index (χ4v) is 1.59. The number of amides is 2. The standard InChI is InChI=1S/C9H14N2O2/c1-3-8(12)11-6-4-5-7(11)9(13)10-2/h3,7H,1,4-6H2,2H3,(H,10,13). The first-order chi connectivity index (χ1) is 6.20. The minimum Gasteiger partial charge on any atom is -0.357 e. The van der Waals surface area contributed by atoms with Crippen LogP contribution in [0.25, 0.3) is 0 Å². The summed E-state index contributed by atoms with van der Waals surface area (Å²) in [5.74, 6) is -0.251. The van der Waals surface area contributed by atoms with Crippen LogP contribution in [0.5, 0.6) is 0 Å². The van der Waals surface area contributed by atoms with E-state index in [0.717, 1.165) is 12.8 Å². The molecule has 0 spiro atoms. The third kappa shape index (κ3) is 1.88. The summed E-state index contributed by atoms with van der Waals surface area (Å²) in [6.07, 6.45) is 2.89. The maximum absolute atomic E-state index is 11.3. The van der Waals surface area contributed by atoms with Crippen molar-refractivity contribution in [2.24, 2.45) is 0 Å². The molecular weight excluding hydrogens is 168 g/mol. The highest BCUT2D eigenvalue weighted by atomic mass is 16.2. The van der Waals surface area contributed by atoms with Gasteiger partial charge in [-0.05, 0) is 18.9 Å². The van der Waals surface area contributed by atoms with Gasteiger partial charge >= 0.3 is 0 Å². The topological polar surface area (TPSA) is 49.4 Å². The van der Waals surface area contributed by atoms with Gasteiger partial charge in [-0.15, -0.1) is 0 Å². The average molecular weight is 182 g/mol. The molecule has 1 atom stereocenters. The first-order valence-electron chi connectivity index (χ1n) is 4.35. The summed E-state index contributed by atoms with van der Waals surface area (Å²) < 4.78 is 0. The van der Waals surface area contributed by atoms with E-state index in [-0.39, 0.29) is 17.9 Å². The van der Waals surface area contributed by atoms with Crippen LogP contribution in [0.3, 0.4) is 0 Å². The van der Waals surface area contributed by atoms with Gasteiger partial charge in [0, 0.05) is 13.6 Å². The highest BCUT2D eigenvalue weighted by Gasteiger charge is 2.31. The van der Waals surface area contributed by atoms with Crippen LogP contribution in [0.1, 0.15) is 12.8 Å². The van der Waals surface area contributed by atoms with Crippen molar-refractivity contribution < 1.29 is 9.59 Å². The number of hydrogen-bond donors (Lipinski definition) is 1. The van der Waals surface area contributed by atoms with Crippen molar-refractivity contribution in [1.82, 2.24) is 10.2 Å². The lowest BCUT2D eigenvalue weighted by atomic mass is 10.2. The van der Waals surface area contributed by atoms with Crippen LogP contribution >= 0.6 is 0 Å². The van der Waals surface area contributed by atoms with Crippen LogP contribution in [0.4, 0.5) is 0 Å². The molecule has 0 bridgehead atoms. The Morgan fingerprint density at radius 2 is 2.31 bits per heavy atom. The lowest BCUT2D eigenvalue weighted by molar-refractivity contribution is -0.134. The lowest BCUT2D eigenvalue weighted by Crippen LogP contribution is -2.44. The van der Waals surface area contributed by atoms with E-state index in [1.165, 1.54) is 6.08 Å². The second-order valence-electron chi connectivity index (χ2n) is 3.01. The minimum absolute atomic E-state index is 0.0901. The monoisotopic (exact) mass is 182 g/mol. The molecule has 2 amide bonds. The van der Waals surface area contributed by atoms with Gasteiger partial charge in [-0.25, -0.2) is 0 Å². The van der Waals surface area contributed by atoms with Crippen molar-refractivity contribution in [2.75, 3.05) is 13.6 Å². The summed E-state index contributed by atoms with van der Waals surface area (Å²) in [4.78, 5) is 24.1. The van der Waals surface area contributed by atoms with Crippen LogP contribution < -0.4 is 5.32 Å². The molecule has 0 aromatic carbocycles. The molecule has 0 radical (unpaired) electrons. The maximum Gasteiger partial charge on any atom is 0.246 e. The molecule has 1 aliphatic heterocycles. The quantitative estimate of drug-likeness (QED) is 0.607. The molecule has 0 aromatic rings. The molecule has 0 aromatic heterocycles. The first-order valence-corrected chi connectivity index (χ1v) is 4.35. The van der Waals surface area contributed by atoms with E-state index in [9.17, 15) is 9.59 Å². The van der Waals surface area contributed by atoms with E-state index < -0.39 is 0 Å². The molecule has 0 saturated carbocycles. The largest absolute Gasteiger partial charge is 0.357 e. The predicted molar refractivity (Wildman–Crippen MR) is 49.0 cm³/mol. The first kappa shape index (κ1) is 9.77. The van der Waals surface area contributed by atoms with E-state index in [1.807, 2.05) is 0 Å². The molecule has 4 heteroatoms. The number of carbonyl (C=O) groups is 2. The second kappa shape index (κ2) is 4.07. The molecular formula is C9H14N2O2. The van der Waals surface area contributed by atoms with Gasteiger partial charge in [-0.1, -0.05) is 6.58 Å². The van der Waals surface area contributed by atoms with Crippen LogP contribution in [-0.4, -0.2) is 36.3 Å². The molecule has 4 nitrogen and oxygen atoms in total. The fourth-order valence-electron chi connectivity index (χ4n) is 1.59. The Bertz CT molecular complexity index is 238. The van der Waals surface area contributed by atoms with Crippen molar-refractivity contribution >= 4 is 11.8 Å². The van der Waals surface area contributed by atoms with Crippen molar-refractivity contribution in [1.29, 1.82) is 0 Å². The Kier molecular flexibility index (Phi) is 3.06.